The van der Waals surface area contributed by atoms with Gasteiger partial charge in [0, 0.05) is 11.7 Å². The molecule has 0 unspecified atom stereocenters. The van der Waals surface area contributed by atoms with E-state index in [1.54, 1.807) is 13.8 Å². The van der Waals surface area contributed by atoms with Gasteiger partial charge in [-0.1, -0.05) is 11.6 Å². The Kier molecular flexibility index (Phi) is 4.38. The second-order valence-electron chi connectivity index (χ2n) is 5.07. The van der Waals surface area contributed by atoms with Crippen LogP contribution in [0.2, 0.25) is 5.02 Å². The number of aromatic nitrogens is 1. The number of rotatable bonds is 4. The highest BCUT2D eigenvalue weighted by Crippen LogP contribution is 2.25. The zero-order valence-corrected chi connectivity index (χ0v) is 11.5. The second kappa shape index (κ2) is 5.13. The third-order valence-electron chi connectivity index (χ3n) is 2.98. The van der Waals surface area contributed by atoms with Crippen molar-refractivity contribution in [2.75, 3.05) is 0 Å². The molecule has 0 radical (unpaired) electrons. The monoisotopic (exact) mass is 275 g/mol. The van der Waals surface area contributed by atoms with Crippen LogP contribution in [0.5, 0.6) is 0 Å². The van der Waals surface area contributed by atoms with Crippen LogP contribution < -0.4 is 5.46 Å². The normalized spacial score (nSPS) is 12.7. The molecule has 1 rings (SSSR count). The predicted octanol–water partition coefficient (Wildman–Crippen LogP) is 1.13. The van der Waals surface area contributed by atoms with Crippen LogP contribution in [0.25, 0.3) is 0 Å². The largest absolute Gasteiger partial charge is 0.496 e. The Morgan fingerprint density at radius 2 is 1.94 bits per heavy atom. The van der Waals surface area contributed by atoms with Crippen molar-refractivity contribution in [3.05, 3.63) is 23.2 Å². The molecule has 18 heavy (non-hydrogen) atoms. The van der Waals surface area contributed by atoms with E-state index in [-0.39, 0.29) is 10.5 Å². The molecule has 0 aliphatic carbocycles. The van der Waals surface area contributed by atoms with E-state index in [9.17, 15) is 14.5 Å². The van der Waals surface area contributed by atoms with Crippen molar-refractivity contribution in [3.63, 3.8) is 0 Å². The van der Waals surface area contributed by atoms with E-state index in [1.165, 1.54) is 19.9 Å². The highest BCUT2D eigenvalue weighted by molar-refractivity contribution is 6.60. The molecule has 1 heterocycles. The SMILES string of the molecule is CC(C)(O)C(C)(C)OB(O)c1cc(Cl)cnc1F. The van der Waals surface area contributed by atoms with Crippen molar-refractivity contribution in [3.8, 4) is 0 Å². The van der Waals surface area contributed by atoms with Crippen LogP contribution in [-0.2, 0) is 4.65 Å². The average Bonchev–Trinajstić information content (AvgIpc) is 2.19. The summed E-state index contributed by atoms with van der Waals surface area (Å²) < 4.78 is 18.7. The lowest BCUT2D eigenvalue weighted by Gasteiger charge is -2.38. The first kappa shape index (κ1) is 15.4. The highest BCUT2D eigenvalue weighted by atomic mass is 35.5. The van der Waals surface area contributed by atoms with Crippen molar-refractivity contribution < 1.29 is 19.2 Å². The fraction of sp³-hybridized carbons (Fsp3) is 0.545. The van der Waals surface area contributed by atoms with E-state index in [0.717, 1.165) is 6.20 Å². The first-order valence-electron chi connectivity index (χ1n) is 5.44. The summed E-state index contributed by atoms with van der Waals surface area (Å²) >= 11 is 5.68. The Bertz CT molecular complexity index is 437. The van der Waals surface area contributed by atoms with E-state index in [4.69, 9.17) is 16.3 Å². The molecule has 4 nitrogen and oxygen atoms in total. The van der Waals surface area contributed by atoms with E-state index in [2.05, 4.69) is 4.98 Å². The Morgan fingerprint density at radius 1 is 1.39 bits per heavy atom. The molecule has 1 aromatic rings. The summed E-state index contributed by atoms with van der Waals surface area (Å²) in [5.74, 6) is -0.863. The minimum atomic E-state index is -1.56. The van der Waals surface area contributed by atoms with E-state index >= 15 is 0 Å². The number of hydrogen-bond acceptors (Lipinski definition) is 4. The van der Waals surface area contributed by atoms with Gasteiger partial charge in [-0.15, -0.1) is 0 Å². The van der Waals surface area contributed by atoms with Gasteiger partial charge in [-0.25, -0.2) is 4.98 Å². The van der Waals surface area contributed by atoms with Crippen LogP contribution in [0.15, 0.2) is 12.3 Å². The van der Waals surface area contributed by atoms with Crippen molar-refractivity contribution in [2.24, 2.45) is 0 Å². The van der Waals surface area contributed by atoms with Crippen LogP contribution in [0.4, 0.5) is 4.39 Å². The molecule has 0 saturated heterocycles. The van der Waals surface area contributed by atoms with Gasteiger partial charge in [0.15, 0.2) is 0 Å². The Morgan fingerprint density at radius 3 is 2.44 bits per heavy atom. The molecular formula is C11H16BClFNO3. The van der Waals surface area contributed by atoms with Crippen molar-refractivity contribution in [2.45, 2.75) is 38.9 Å². The quantitative estimate of drug-likeness (QED) is 0.639. The van der Waals surface area contributed by atoms with Crippen LogP contribution in [0.1, 0.15) is 27.7 Å². The highest BCUT2D eigenvalue weighted by Gasteiger charge is 2.40. The Hall–Kier alpha value is -0.685. The first-order valence-corrected chi connectivity index (χ1v) is 5.81. The lowest BCUT2D eigenvalue weighted by molar-refractivity contribution is -0.0983. The lowest BCUT2D eigenvalue weighted by Crippen LogP contribution is -2.53. The third kappa shape index (κ3) is 3.41. The molecule has 0 spiro atoms. The summed E-state index contributed by atoms with van der Waals surface area (Å²) in [5, 5.41) is 19.9. The number of halogens is 2. The minimum Gasteiger partial charge on any atom is -0.423 e. The number of hydrogen-bond donors (Lipinski definition) is 2. The summed E-state index contributed by atoms with van der Waals surface area (Å²) in [6.45, 7) is 6.25. The van der Waals surface area contributed by atoms with Gasteiger partial charge in [0.1, 0.15) is 0 Å². The van der Waals surface area contributed by atoms with Gasteiger partial charge >= 0.3 is 7.12 Å². The van der Waals surface area contributed by atoms with Crippen LogP contribution in [-0.4, -0.2) is 33.4 Å². The van der Waals surface area contributed by atoms with Crippen molar-refractivity contribution in [1.82, 2.24) is 4.98 Å². The molecule has 0 saturated carbocycles. The molecular weight excluding hydrogens is 259 g/mol. The number of pyridine rings is 1. The van der Waals surface area contributed by atoms with Crippen LogP contribution >= 0.6 is 11.6 Å². The topological polar surface area (TPSA) is 62.6 Å². The number of aliphatic hydroxyl groups is 1. The first-order chi connectivity index (χ1) is 8.04. The molecule has 0 amide bonds. The van der Waals surface area contributed by atoms with Crippen LogP contribution in [0.3, 0.4) is 0 Å². The fourth-order valence-electron chi connectivity index (χ4n) is 1.10. The molecule has 0 bridgehead atoms. The van der Waals surface area contributed by atoms with Gasteiger partial charge in [-0.3, -0.25) is 0 Å². The molecule has 0 fully saturated rings. The van der Waals surface area contributed by atoms with Gasteiger partial charge in [-0.2, -0.15) is 4.39 Å². The molecule has 100 valence electrons. The second-order valence-corrected chi connectivity index (χ2v) is 5.51. The van der Waals surface area contributed by atoms with Gasteiger partial charge in [0.25, 0.3) is 0 Å². The Labute approximate surface area is 111 Å². The van der Waals surface area contributed by atoms with Crippen molar-refractivity contribution >= 4 is 24.2 Å². The summed E-state index contributed by atoms with van der Waals surface area (Å²) in [6, 6.07) is 1.23. The Balaban J connectivity index is 2.95. The molecule has 0 aliphatic rings. The average molecular weight is 276 g/mol. The zero-order valence-electron chi connectivity index (χ0n) is 10.7. The summed E-state index contributed by atoms with van der Waals surface area (Å²) in [6.07, 6.45) is 1.13. The molecule has 7 heteroatoms. The summed E-state index contributed by atoms with van der Waals surface area (Å²) in [4.78, 5) is 3.39. The molecule has 1 aromatic heterocycles. The van der Waals surface area contributed by atoms with Crippen molar-refractivity contribution in [1.29, 1.82) is 0 Å². The minimum absolute atomic E-state index is 0.167. The fourth-order valence-corrected chi connectivity index (χ4v) is 1.26. The van der Waals surface area contributed by atoms with Crippen LogP contribution in [0, 0.1) is 5.95 Å². The molecule has 0 atom stereocenters. The molecule has 0 aromatic carbocycles. The summed E-state index contributed by atoms with van der Waals surface area (Å²) in [7, 11) is -1.56. The van der Waals surface area contributed by atoms with Gasteiger partial charge < -0.3 is 14.8 Å². The number of nitrogens with zero attached hydrogens (tertiary/aromatic N) is 1. The predicted molar refractivity (Wildman–Crippen MR) is 68.3 cm³/mol. The maximum atomic E-state index is 13.4. The molecule has 0 aliphatic heterocycles. The smallest absolute Gasteiger partial charge is 0.423 e. The zero-order chi connectivity index (χ0) is 14.1. The summed E-state index contributed by atoms with van der Waals surface area (Å²) in [5.41, 5.74) is -2.46. The third-order valence-corrected chi connectivity index (χ3v) is 3.19. The molecule has 2 N–H and O–H groups in total. The lowest BCUT2D eigenvalue weighted by atomic mass is 9.77. The van der Waals surface area contributed by atoms with E-state index in [1.807, 2.05) is 0 Å². The maximum Gasteiger partial charge on any atom is 0.496 e. The maximum absolute atomic E-state index is 13.4. The van der Waals surface area contributed by atoms with E-state index < -0.39 is 24.3 Å². The standard InChI is InChI=1S/C11H16BClFNO3/c1-10(2,16)11(3,4)18-12(17)8-5-7(13)6-15-9(8)14/h5-6,16-17H,1-4H3. The van der Waals surface area contributed by atoms with Gasteiger partial charge in [0.05, 0.1) is 16.2 Å². The van der Waals surface area contributed by atoms with E-state index in [0.29, 0.717) is 0 Å². The van der Waals surface area contributed by atoms with Gasteiger partial charge in [0.2, 0.25) is 5.95 Å². The van der Waals surface area contributed by atoms with Gasteiger partial charge in [-0.05, 0) is 33.8 Å².